The van der Waals surface area contributed by atoms with Gasteiger partial charge in [0, 0.05) is 13.1 Å². The van der Waals surface area contributed by atoms with Crippen molar-refractivity contribution < 1.29 is 4.79 Å². The molecule has 106 valence electrons. The van der Waals surface area contributed by atoms with Gasteiger partial charge in [0.15, 0.2) is 0 Å². The number of unbranched alkanes of at least 4 members (excludes halogenated alkanes) is 1. The summed E-state index contributed by atoms with van der Waals surface area (Å²) < 4.78 is 0. The van der Waals surface area contributed by atoms with Crippen molar-refractivity contribution in [1.29, 1.82) is 0 Å². The molecule has 18 heavy (non-hydrogen) atoms. The molecule has 3 heteroatoms. The van der Waals surface area contributed by atoms with Gasteiger partial charge in [-0.05, 0) is 24.7 Å². The Morgan fingerprint density at radius 2 is 1.78 bits per heavy atom. The second-order valence-corrected chi connectivity index (χ2v) is 5.78. The van der Waals surface area contributed by atoms with E-state index in [9.17, 15) is 4.79 Å². The number of carbonyl (C=O) groups is 1. The van der Waals surface area contributed by atoms with Gasteiger partial charge in [-0.2, -0.15) is 0 Å². The molecule has 1 heterocycles. The minimum Gasteiger partial charge on any atom is -0.341 e. The molecule has 0 bridgehead atoms. The van der Waals surface area contributed by atoms with Gasteiger partial charge in [-0.3, -0.25) is 4.79 Å². The predicted octanol–water partition coefficient (Wildman–Crippen LogP) is 2.93. The number of nitrogens with zero attached hydrogens (tertiary/aromatic N) is 1. The third-order valence-corrected chi connectivity index (χ3v) is 4.82. The standard InChI is InChI=1S/C15H30N2O/c1-4-7-8-13(16)14(18)17-11-9-15(5-2,6-3)10-12-17/h13H,4-12,16H2,1-3H3. The Morgan fingerprint density at radius 1 is 1.22 bits per heavy atom. The summed E-state index contributed by atoms with van der Waals surface area (Å²) in [4.78, 5) is 14.2. The molecule has 0 aromatic heterocycles. The van der Waals surface area contributed by atoms with Gasteiger partial charge in [-0.25, -0.2) is 0 Å². The third kappa shape index (κ3) is 3.71. The number of piperidine rings is 1. The summed E-state index contributed by atoms with van der Waals surface area (Å²) in [6, 6.07) is -0.277. The van der Waals surface area contributed by atoms with Crippen LogP contribution >= 0.6 is 0 Å². The minimum absolute atomic E-state index is 0.171. The van der Waals surface area contributed by atoms with Gasteiger partial charge in [-0.15, -0.1) is 0 Å². The van der Waals surface area contributed by atoms with E-state index in [2.05, 4.69) is 20.8 Å². The molecule has 1 fully saturated rings. The fourth-order valence-corrected chi connectivity index (χ4v) is 2.94. The van der Waals surface area contributed by atoms with Crippen LogP contribution in [0.5, 0.6) is 0 Å². The van der Waals surface area contributed by atoms with E-state index >= 15 is 0 Å². The Bertz CT molecular complexity index is 251. The number of hydrogen-bond acceptors (Lipinski definition) is 2. The van der Waals surface area contributed by atoms with E-state index in [1.165, 1.54) is 12.8 Å². The average Bonchev–Trinajstić information content (AvgIpc) is 2.44. The SMILES string of the molecule is CCCCC(N)C(=O)N1CCC(CC)(CC)CC1. The number of rotatable bonds is 6. The van der Waals surface area contributed by atoms with Crippen LogP contribution < -0.4 is 5.73 Å². The molecule has 0 saturated carbocycles. The molecular formula is C15H30N2O. The lowest BCUT2D eigenvalue weighted by molar-refractivity contribution is -0.135. The molecule has 0 spiro atoms. The largest absolute Gasteiger partial charge is 0.341 e. The molecule has 1 saturated heterocycles. The topological polar surface area (TPSA) is 46.3 Å². The molecule has 2 N–H and O–H groups in total. The van der Waals surface area contributed by atoms with Crippen LogP contribution in [-0.2, 0) is 4.79 Å². The van der Waals surface area contributed by atoms with Gasteiger partial charge >= 0.3 is 0 Å². The zero-order valence-corrected chi connectivity index (χ0v) is 12.4. The van der Waals surface area contributed by atoms with E-state index < -0.39 is 0 Å². The van der Waals surface area contributed by atoms with Crippen molar-refractivity contribution in [2.24, 2.45) is 11.1 Å². The predicted molar refractivity (Wildman–Crippen MR) is 76.3 cm³/mol. The highest BCUT2D eigenvalue weighted by Crippen LogP contribution is 2.37. The van der Waals surface area contributed by atoms with Crippen molar-refractivity contribution in [3.63, 3.8) is 0 Å². The Morgan fingerprint density at radius 3 is 2.22 bits per heavy atom. The van der Waals surface area contributed by atoms with Crippen LogP contribution in [0.3, 0.4) is 0 Å². The quantitative estimate of drug-likeness (QED) is 0.792. The van der Waals surface area contributed by atoms with Crippen molar-refractivity contribution in [3.05, 3.63) is 0 Å². The Balaban J connectivity index is 2.44. The van der Waals surface area contributed by atoms with Crippen LogP contribution in [0.2, 0.25) is 0 Å². The Labute approximate surface area is 112 Å². The number of amides is 1. The zero-order chi connectivity index (χ0) is 13.6. The third-order valence-electron chi connectivity index (χ3n) is 4.82. The smallest absolute Gasteiger partial charge is 0.239 e. The molecule has 1 aliphatic heterocycles. The van der Waals surface area contributed by atoms with Crippen LogP contribution in [0, 0.1) is 5.41 Å². The minimum atomic E-state index is -0.277. The fraction of sp³-hybridized carbons (Fsp3) is 0.933. The highest BCUT2D eigenvalue weighted by Gasteiger charge is 2.33. The summed E-state index contributed by atoms with van der Waals surface area (Å²) >= 11 is 0. The first-order valence-electron chi connectivity index (χ1n) is 7.63. The first kappa shape index (κ1) is 15.5. The summed E-state index contributed by atoms with van der Waals surface area (Å²) in [6.07, 6.45) is 7.74. The second-order valence-electron chi connectivity index (χ2n) is 5.78. The van der Waals surface area contributed by atoms with E-state index in [-0.39, 0.29) is 11.9 Å². The van der Waals surface area contributed by atoms with Gasteiger partial charge < -0.3 is 10.6 Å². The van der Waals surface area contributed by atoms with Crippen LogP contribution in [0.1, 0.15) is 65.7 Å². The maximum absolute atomic E-state index is 12.2. The van der Waals surface area contributed by atoms with E-state index in [4.69, 9.17) is 5.73 Å². The molecule has 1 rings (SSSR count). The highest BCUT2D eigenvalue weighted by atomic mass is 16.2. The molecule has 0 radical (unpaired) electrons. The zero-order valence-electron chi connectivity index (χ0n) is 12.4. The van der Waals surface area contributed by atoms with Crippen molar-refractivity contribution >= 4 is 5.91 Å². The molecule has 0 aliphatic carbocycles. The van der Waals surface area contributed by atoms with E-state index in [0.717, 1.165) is 45.2 Å². The summed E-state index contributed by atoms with van der Waals surface area (Å²) in [7, 11) is 0. The molecule has 1 aliphatic rings. The summed E-state index contributed by atoms with van der Waals surface area (Å²) in [5, 5.41) is 0. The van der Waals surface area contributed by atoms with E-state index in [0.29, 0.717) is 5.41 Å². The maximum atomic E-state index is 12.2. The van der Waals surface area contributed by atoms with E-state index in [1.54, 1.807) is 0 Å². The normalized spacial score (nSPS) is 20.8. The molecule has 1 amide bonds. The van der Waals surface area contributed by atoms with Crippen molar-refractivity contribution in [2.45, 2.75) is 71.8 Å². The lowest BCUT2D eigenvalue weighted by Gasteiger charge is -2.41. The van der Waals surface area contributed by atoms with Gasteiger partial charge in [0.2, 0.25) is 5.91 Å². The first-order chi connectivity index (χ1) is 8.58. The van der Waals surface area contributed by atoms with Crippen molar-refractivity contribution in [1.82, 2.24) is 4.90 Å². The molecule has 3 nitrogen and oxygen atoms in total. The Hall–Kier alpha value is -0.570. The van der Waals surface area contributed by atoms with Gasteiger partial charge in [0.1, 0.15) is 0 Å². The molecular weight excluding hydrogens is 224 g/mol. The van der Waals surface area contributed by atoms with Crippen LogP contribution in [0.15, 0.2) is 0 Å². The van der Waals surface area contributed by atoms with Crippen LogP contribution in [0.25, 0.3) is 0 Å². The first-order valence-corrected chi connectivity index (χ1v) is 7.63. The maximum Gasteiger partial charge on any atom is 0.239 e. The van der Waals surface area contributed by atoms with Gasteiger partial charge in [-0.1, -0.05) is 46.5 Å². The lowest BCUT2D eigenvalue weighted by atomic mass is 9.74. The molecule has 1 unspecified atom stereocenters. The number of likely N-dealkylation sites (tertiary alicyclic amines) is 1. The van der Waals surface area contributed by atoms with Crippen LogP contribution in [0.4, 0.5) is 0 Å². The summed E-state index contributed by atoms with van der Waals surface area (Å²) in [6.45, 7) is 8.48. The molecule has 0 aromatic rings. The number of nitrogens with two attached hydrogens (primary N) is 1. The number of carbonyl (C=O) groups excluding carboxylic acids is 1. The Kier molecular flexibility index (Phi) is 6.13. The van der Waals surface area contributed by atoms with E-state index in [1.807, 2.05) is 4.90 Å². The highest BCUT2D eigenvalue weighted by molar-refractivity contribution is 5.81. The van der Waals surface area contributed by atoms with Crippen LogP contribution in [-0.4, -0.2) is 29.9 Å². The van der Waals surface area contributed by atoms with Crippen molar-refractivity contribution in [2.75, 3.05) is 13.1 Å². The molecule has 0 aromatic carbocycles. The summed E-state index contributed by atoms with van der Waals surface area (Å²) in [5.41, 5.74) is 6.45. The second kappa shape index (κ2) is 7.13. The van der Waals surface area contributed by atoms with Gasteiger partial charge in [0.05, 0.1) is 6.04 Å². The molecule has 1 atom stereocenters. The number of hydrogen-bond donors (Lipinski definition) is 1. The average molecular weight is 254 g/mol. The van der Waals surface area contributed by atoms with Gasteiger partial charge in [0.25, 0.3) is 0 Å². The monoisotopic (exact) mass is 254 g/mol. The fourth-order valence-electron chi connectivity index (χ4n) is 2.94. The lowest BCUT2D eigenvalue weighted by Crippen LogP contribution is -2.49. The van der Waals surface area contributed by atoms with Crippen molar-refractivity contribution in [3.8, 4) is 0 Å². The summed E-state index contributed by atoms with van der Waals surface area (Å²) in [5.74, 6) is 0.171.